The Morgan fingerprint density at radius 2 is 1.78 bits per heavy atom. The molecule has 172 valence electrons. The lowest BCUT2D eigenvalue weighted by molar-refractivity contribution is 0.0277. The van der Waals surface area contributed by atoms with Gasteiger partial charge in [0.15, 0.2) is 0 Å². The first kappa shape index (κ1) is 23.9. The van der Waals surface area contributed by atoms with Gasteiger partial charge in [0.25, 0.3) is 0 Å². The SMILES string of the molecule is CCc1nn(-c2ccccc2)c(Oc2ccc(F)cc2)c1CN(C[C@H](O)COC)C(C)C. The summed E-state index contributed by atoms with van der Waals surface area (Å²) < 4.78 is 26.6. The summed E-state index contributed by atoms with van der Waals surface area (Å²) in [5.74, 6) is 0.802. The Balaban J connectivity index is 2.04. The van der Waals surface area contributed by atoms with Crippen LogP contribution in [0.2, 0.25) is 0 Å². The summed E-state index contributed by atoms with van der Waals surface area (Å²) in [4.78, 5) is 2.17. The van der Waals surface area contributed by atoms with E-state index >= 15 is 0 Å². The van der Waals surface area contributed by atoms with Gasteiger partial charge in [-0.25, -0.2) is 9.07 Å². The van der Waals surface area contributed by atoms with Crippen LogP contribution in [0.25, 0.3) is 5.69 Å². The molecule has 1 atom stereocenters. The predicted molar refractivity (Wildman–Crippen MR) is 123 cm³/mol. The van der Waals surface area contributed by atoms with Crippen molar-refractivity contribution in [2.45, 2.75) is 45.9 Å². The standard InChI is InChI=1S/C25H32FN3O3/c1-5-24-23(16-28(18(2)3)15-21(30)17-31-4)25(32-22-13-11-19(26)12-14-22)29(27-24)20-9-7-6-8-10-20/h6-14,18,21,30H,5,15-17H2,1-4H3/t21-/m0/s1. The third-order valence-corrected chi connectivity index (χ3v) is 5.28. The second kappa shape index (κ2) is 11.2. The lowest BCUT2D eigenvalue weighted by Crippen LogP contribution is -2.38. The Labute approximate surface area is 189 Å². The van der Waals surface area contributed by atoms with Crippen molar-refractivity contribution in [2.24, 2.45) is 0 Å². The smallest absolute Gasteiger partial charge is 0.227 e. The zero-order valence-electron chi connectivity index (χ0n) is 19.2. The number of ether oxygens (including phenoxy) is 2. The number of aliphatic hydroxyl groups excluding tert-OH is 1. The molecular formula is C25H32FN3O3. The number of rotatable bonds is 11. The van der Waals surface area contributed by atoms with E-state index in [1.165, 1.54) is 12.1 Å². The Morgan fingerprint density at radius 3 is 2.38 bits per heavy atom. The molecule has 0 radical (unpaired) electrons. The average molecular weight is 442 g/mol. The fourth-order valence-corrected chi connectivity index (χ4v) is 3.56. The van der Waals surface area contributed by atoms with E-state index in [0.29, 0.717) is 24.7 Å². The summed E-state index contributed by atoms with van der Waals surface area (Å²) in [7, 11) is 1.58. The molecule has 6 nitrogen and oxygen atoms in total. The van der Waals surface area contributed by atoms with Crippen LogP contribution in [0, 0.1) is 5.82 Å². The molecule has 0 fully saturated rings. The molecule has 32 heavy (non-hydrogen) atoms. The van der Waals surface area contributed by atoms with Crippen LogP contribution in [-0.4, -0.2) is 52.2 Å². The summed E-state index contributed by atoms with van der Waals surface area (Å²) in [5, 5.41) is 15.2. The number of nitrogens with zero attached hydrogens (tertiary/aromatic N) is 3. The zero-order valence-corrected chi connectivity index (χ0v) is 19.2. The van der Waals surface area contributed by atoms with E-state index in [1.54, 1.807) is 23.9 Å². The summed E-state index contributed by atoms with van der Waals surface area (Å²) >= 11 is 0. The largest absolute Gasteiger partial charge is 0.439 e. The highest BCUT2D eigenvalue weighted by molar-refractivity contribution is 5.43. The highest BCUT2D eigenvalue weighted by Gasteiger charge is 2.24. The van der Waals surface area contributed by atoms with Gasteiger partial charge in [0.05, 0.1) is 29.7 Å². The van der Waals surface area contributed by atoms with Gasteiger partial charge >= 0.3 is 0 Å². The Hall–Kier alpha value is -2.74. The van der Waals surface area contributed by atoms with Crippen LogP contribution in [0.15, 0.2) is 54.6 Å². The highest BCUT2D eigenvalue weighted by Crippen LogP contribution is 2.32. The first-order valence-corrected chi connectivity index (χ1v) is 10.9. The number of aliphatic hydroxyl groups is 1. The van der Waals surface area contributed by atoms with Gasteiger partial charge in [0.1, 0.15) is 11.6 Å². The fourth-order valence-electron chi connectivity index (χ4n) is 3.56. The van der Waals surface area contributed by atoms with Crippen LogP contribution in [-0.2, 0) is 17.7 Å². The summed E-state index contributed by atoms with van der Waals surface area (Å²) in [6.45, 7) is 7.51. The van der Waals surface area contributed by atoms with Gasteiger partial charge < -0.3 is 14.6 Å². The molecular weight excluding hydrogens is 409 g/mol. The van der Waals surface area contributed by atoms with Gasteiger partial charge in [-0.1, -0.05) is 25.1 Å². The van der Waals surface area contributed by atoms with Crippen LogP contribution in [0.1, 0.15) is 32.0 Å². The van der Waals surface area contributed by atoms with E-state index in [9.17, 15) is 9.50 Å². The topological polar surface area (TPSA) is 59.8 Å². The molecule has 0 saturated carbocycles. The number of benzene rings is 2. The zero-order chi connectivity index (χ0) is 23.1. The van der Waals surface area contributed by atoms with Crippen LogP contribution in [0.5, 0.6) is 11.6 Å². The maximum absolute atomic E-state index is 13.4. The maximum atomic E-state index is 13.4. The Morgan fingerprint density at radius 1 is 1.09 bits per heavy atom. The van der Waals surface area contributed by atoms with Crippen molar-refractivity contribution in [3.8, 4) is 17.3 Å². The number of halogens is 1. The monoisotopic (exact) mass is 441 g/mol. The van der Waals surface area contributed by atoms with E-state index in [-0.39, 0.29) is 18.5 Å². The lowest BCUT2D eigenvalue weighted by Gasteiger charge is -2.28. The molecule has 3 aromatic rings. The minimum absolute atomic E-state index is 0.185. The van der Waals surface area contributed by atoms with Crippen LogP contribution in [0.3, 0.4) is 0 Å². The highest BCUT2D eigenvalue weighted by atomic mass is 19.1. The number of hydrogen-bond acceptors (Lipinski definition) is 5. The predicted octanol–water partition coefficient (Wildman–Crippen LogP) is 4.58. The maximum Gasteiger partial charge on any atom is 0.227 e. The molecule has 1 heterocycles. The van der Waals surface area contributed by atoms with E-state index < -0.39 is 6.10 Å². The lowest BCUT2D eigenvalue weighted by atomic mass is 10.1. The first-order chi connectivity index (χ1) is 15.4. The minimum atomic E-state index is -0.599. The molecule has 0 aliphatic carbocycles. The second-order valence-corrected chi connectivity index (χ2v) is 8.02. The second-order valence-electron chi connectivity index (χ2n) is 8.02. The van der Waals surface area contributed by atoms with Crippen molar-refractivity contribution in [2.75, 3.05) is 20.3 Å². The number of para-hydroxylation sites is 1. The molecule has 0 amide bonds. The molecule has 3 rings (SSSR count). The van der Waals surface area contributed by atoms with Crippen molar-refractivity contribution >= 4 is 0 Å². The molecule has 0 saturated heterocycles. The molecule has 0 spiro atoms. The van der Waals surface area contributed by atoms with E-state index in [0.717, 1.165) is 23.4 Å². The minimum Gasteiger partial charge on any atom is -0.439 e. The van der Waals surface area contributed by atoms with Gasteiger partial charge in [-0.2, -0.15) is 5.10 Å². The van der Waals surface area contributed by atoms with Crippen LogP contribution >= 0.6 is 0 Å². The summed E-state index contributed by atoms with van der Waals surface area (Å²) in [5.41, 5.74) is 2.73. The van der Waals surface area contributed by atoms with Crippen molar-refractivity contribution in [1.82, 2.24) is 14.7 Å². The number of hydrogen-bond donors (Lipinski definition) is 1. The Bertz CT molecular complexity index is 974. The normalized spacial score (nSPS) is 12.5. The summed E-state index contributed by atoms with van der Waals surface area (Å²) in [6, 6.07) is 15.9. The first-order valence-electron chi connectivity index (χ1n) is 10.9. The van der Waals surface area contributed by atoms with Gasteiger partial charge in [-0.15, -0.1) is 0 Å². The van der Waals surface area contributed by atoms with E-state index in [4.69, 9.17) is 14.6 Å². The van der Waals surface area contributed by atoms with E-state index in [2.05, 4.69) is 25.7 Å². The van der Waals surface area contributed by atoms with Crippen molar-refractivity contribution in [1.29, 1.82) is 0 Å². The molecule has 0 aliphatic rings. The number of methoxy groups -OCH3 is 1. The van der Waals surface area contributed by atoms with Crippen LogP contribution in [0.4, 0.5) is 4.39 Å². The number of aromatic nitrogens is 2. The molecule has 0 bridgehead atoms. The van der Waals surface area contributed by atoms with E-state index in [1.807, 2.05) is 30.3 Å². The Kier molecular flexibility index (Phi) is 8.39. The fraction of sp³-hybridized carbons (Fsp3) is 0.400. The van der Waals surface area contributed by atoms with Crippen molar-refractivity contribution in [3.63, 3.8) is 0 Å². The van der Waals surface area contributed by atoms with Crippen LogP contribution < -0.4 is 4.74 Å². The average Bonchev–Trinajstić information content (AvgIpc) is 3.12. The number of aryl methyl sites for hydroxylation is 1. The van der Waals surface area contributed by atoms with Gasteiger partial charge in [-0.3, -0.25) is 4.90 Å². The summed E-state index contributed by atoms with van der Waals surface area (Å²) in [6.07, 6.45) is 0.125. The quantitative estimate of drug-likeness (QED) is 0.472. The van der Waals surface area contributed by atoms with Crippen molar-refractivity contribution < 1.29 is 19.0 Å². The third-order valence-electron chi connectivity index (χ3n) is 5.28. The molecule has 1 aromatic heterocycles. The molecule has 2 aromatic carbocycles. The molecule has 0 unspecified atom stereocenters. The molecule has 0 aliphatic heterocycles. The molecule has 7 heteroatoms. The van der Waals surface area contributed by atoms with Gasteiger partial charge in [0, 0.05) is 26.2 Å². The van der Waals surface area contributed by atoms with Gasteiger partial charge in [-0.05, 0) is 56.7 Å². The molecule has 1 N–H and O–H groups in total. The third kappa shape index (κ3) is 5.94. The van der Waals surface area contributed by atoms with Crippen molar-refractivity contribution in [3.05, 3.63) is 71.7 Å². The van der Waals surface area contributed by atoms with Gasteiger partial charge in [0.2, 0.25) is 5.88 Å².